The lowest BCUT2D eigenvalue weighted by molar-refractivity contribution is 0.438. The Kier molecular flexibility index (Phi) is 4.63. The van der Waals surface area contributed by atoms with E-state index in [1.54, 1.807) is 19.4 Å². The van der Waals surface area contributed by atoms with Gasteiger partial charge in [0, 0.05) is 42.9 Å². The number of hydrogen-bond acceptors (Lipinski definition) is 8. The number of halogens is 1. The first-order valence-corrected chi connectivity index (χ1v) is 11.6. The van der Waals surface area contributed by atoms with Crippen molar-refractivity contribution in [3.63, 3.8) is 0 Å². The second kappa shape index (κ2) is 7.49. The number of nitrogens with two attached hydrogens (primary N) is 1. The summed E-state index contributed by atoms with van der Waals surface area (Å²) in [5.74, 6) is 1.77. The van der Waals surface area contributed by atoms with E-state index in [0.29, 0.717) is 29.4 Å². The largest absolute Gasteiger partial charge is 0.421 e. The molecule has 9 nitrogen and oxygen atoms in total. The van der Waals surface area contributed by atoms with Crippen LogP contribution in [0.15, 0.2) is 24.5 Å². The van der Waals surface area contributed by atoms with Gasteiger partial charge in [-0.15, -0.1) is 0 Å². The van der Waals surface area contributed by atoms with Crippen LogP contribution in [-0.4, -0.2) is 51.1 Å². The molecule has 4 heterocycles. The minimum atomic E-state index is -0.330. The van der Waals surface area contributed by atoms with Crippen LogP contribution in [0.4, 0.5) is 15.9 Å². The van der Waals surface area contributed by atoms with Crippen molar-refractivity contribution in [2.24, 2.45) is 11.1 Å². The Morgan fingerprint density at radius 1 is 1.24 bits per heavy atom. The van der Waals surface area contributed by atoms with Crippen molar-refractivity contribution >= 4 is 33.4 Å². The van der Waals surface area contributed by atoms with E-state index in [9.17, 15) is 4.39 Å². The van der Waals surface area contributed by atoms with Crippen molar-refractivity contribution in [1.29, 1.82) is 0 Å². The molecule has 176 valence electrons. The summed E-state index contributed by atoms with van der Waals surface area (Å²) in [6.07, 6.45) is 5.49. The molecule has 1 saturated heterocycles. The van der Waals surface area contributed by atoms with Crippen LogP contribution in [0.5, 0.6) is 11.8 Å². The van der Waals surface area contributed by atoms with Crippen LogP contribution in [0.1, 0.15) is 38.4 Å². The Morgan fingerprint density at radius 3 is 2.65 bits per heavy atom. The number of ether oxygens (including phenoxy) is 1. The molecule has 0 radical (unpaired) electrons. The number of fused-ring (bicyclic) bond motifs is 3. The Balaban J connectivity index is 1.49. The Labute approximate surface area is 196 Å². The van der Waals surface area contributed by atoms with Crippen molar-refractivity contribution in [2.45, 2.75) is 38.6 Å². The number of anilines is 2. The third-order valence-electron chi connectivity index (χ3n) is 7.03. The van der Waals surface area contributed by atoms with E-state index in [-0.39, 0.29) is 29.2 Å². The summed E-state index contributed by atoms with van der Waals surface area (Å²) >= 11 is 0. The fourth-order valence-electron chi connectivity index (χ4n) is 4.92. The molecule has 6 rings (SSSR count). The van der Waals surface area contributed by atoms with E-state index in [0.717, 1.165) is 41.5 Å². The number of benzene rings is 1. The van der Waals surface area contributed by atoms with Crippen molar-refractivity contribution in [3.8, 4) is 11.8 Å². The predicted octanol–water partition coefficient (Wildman–Crippen LogP) is 3.93. The molecular weight excluding hydrogens is 435 g/mol. The van der Waals surface area contributed by atoms with Crippen LogP contribution in [0.2, 0.25) is 0 Å². The molecule has 4 aromatic rings. The highest BCUT2D eigenvalue weighted by Crippen LogP contribution is 2.53. The van der Waals surface area contributed by atoms with Crippen LogP contribution in [-0.2, 0) is 0 Å². The normalized spacial score (nSPS) is 19.0. The molecule has 2 aliphatic rings. The highest BCUT2D eigenvalue weighted by Gasteiger charge is 2.54. The van der Waals surface area contributed by atoms with E-state index in [1.807, 2.05) is 13.8 Å². The number of nitrogens with zero attached hydrogens (tertiary/aromatic N) is 5. The van der Waals surface area contributed by atoms with Gasteiger partial charge in [0.05, 0.1) is 29.0 Å². The first kappa shape index (κ1) is 21.0. The van der Waals surface area contributed by atoms with Crippen molar-refractivity contribution in [1.82, 2.24) is 24.9 Å². The van der Waals surface area contributed by atoms with Gasteiger partial charge in [-0.05, 0) is 25.0 Å². The second-order valence-electron chi connectivity index (χ2n) is 9.69. The van der Waals surface area contributed by atoms with E-state index >= 15 is 0 Å². The molecule has 1 saturated carbocycles. The van der Waals surface area contributed by atoms with E-state index in [1.165, 1.54) is 12.1 Å². The number of aromatic amines is 1. The molecule has 4 N–H and O–H groups in total. The number of hydrogen-bond donors (Lipinski definition) is 3. The summed E-state index contributed by atoms with van der Waals surface area (Å²) in [6.45, 7) is 5.56. The van der Waals surface area contributed by atoms with Gasteiger partial charge in [-0.2, -0.15) is 9.97 Å². The first-order chi connectivity index (χ1) is 16.4. The zero-order chi connectivity index (χ0) is 23.6. The summed E-state index contributed by atoms with van der Waals surface area (Å²) in [6, 6.07) is 3.23. The Morgan fingerprint density at radius 2 is 2.00 bits per heavy atom. The lowest BCUT2D eigenvalue weighted by Crippen LogP contribution is -2.30. The van der Waals surface area contributed by atoms with Crippen molar-refractivity contribution < 1.29 is 9.13 Å². The molecule has 0 unspecified atom stereocenters. The molecule has 0 amide bonds. The van der Waals surface area contributed by atoms with Gasteiger partial charge in [-0.1, -0.05) is 13.8 Å². The molecule has 1 aromatic carbocycles. The highest BCUT2D eigenvalue weighted by molar-refractivity contribution is 6.14. The maximum absolute atomic E-state index is 14.5. The maximum Gasteiger partial charge on any atom is 0.326 e. The van der Waals surface area contributed by atoms with Crippen LogP contribution in [0.25, 0.3) is 21.9 Å². The minimum absolute atomic E-state index is 0.0775. The molecule has 3 aromatic heterocycles. The zero-order valence-electron chi connectivity index (χ0n) is 19.4. The minimum Gasteiger partial charge on any atom is -0.421 e. The van der Waals surface area contributed by atoms with E-state index < -0.39 is 0 Å². The molecule has 1 atom stereocenters. The molecule has 1 spiro atoms. The number of H-pyrrole nitrogens is 1. The maximum atomic E-state index is 14.5. The van der Waals surface area contributed by atoms with Gasteiger partial charge in [0.15, 0.2) is 5.75 Å². The van der Waals surface area contributed by atoms with Gasteiger partial charge in [-0.25, -0.2) is 14.4 Å². The third kappa shape index (κ3) is 3.32. The fraction of sp³-hybridized carbons (Fsp3) is 0.417. The van der Waals surface area contributed by atoms with Gasteiger partial charge in [-0.3, -0.25) is 0 Å². The Bertz CT molecular complexity index is 1400. The summed E-state index contributed by atoms with van der Waals surface area (Å²) in [5.41, 5.74) is 8.62. The predicted molar refractivity (Wildman–Crippen MR) is 129 cm³/mol. The molecule has 10 heteroatoms. The highest BCUT2D eigenvalue weighted by atomic mass is 19.1. The van der Waals surface area contributed by atoms with Gasteiger partial charge in [0.25, 0.3) is 0 Å². The van der Waals surface area contributed by atoms with E-state index in [4.69, 9.17) is 15.5 Å². The molecule has 0 bridgehead atoms. The monoisotopic (exact) mass is 462 g/mol. The second-order valence-corrected chi connectivity index (χ2v) is 9.69. The van der Waals surface area contributed by atoms with Gasteiger partial charge in [0.2, 0.25) is 0 Å². The number of nitrogens with one attached hydrogen (secondary N) is 2. The van der Waals surface area contributed by atoms with Gasteiger partial charge < -0.3 is 25.7 Å². The first-order valence-electron chi connectivity index (χ1n) is 11.6. The quantitative estimate of drug-likeness (QED) is 0.408. The van der Waals surface area contributed by atoms with Gasteiger partial charge >= 0.3 is 6.01 Å². The van der Waals surface area contributed by atoms with E-state index in [2.05, 4.69) is 30.2 Å². The van der Waals surface area contributed by atoms with Crippen LogP contribution in [0, 0.1) is 11.2 Å². The fourth-order valence-corrected chi connectivity index (χ4v) is 4.92. The van der Waals surface area contributed by atoms with Crippen molar-refractivity contribution in [3.05, 3.63) is 36.2 Å². The van der Waals surface area contributed by atoms with Crippen LogP contribution < -0.4 is 20.7 Å². The topological polar surface area (TPSA) is 118 Å². The molecule has 2 fully saturated rings. The average molecular weight is 463 g/mol. The van der Waals surface area contributed by atoms with Gasteiger partial charge in [0.1, 0.15) is 23.1 Å². The van der Waals surface area contributed by atoms with Crippen LogP contribution in [0.3, 0.4) is 0 Å². The van der Waals surface area contributed by atoms with Crippen molar-refractivity contribution in [2.75, 3.05) is 30.4 Å². The third-order valence-corrected chi connectivity index (χ3v) is 7.03. The summed E-state index contributed by atoms with van der Waals surface area (Å²) in [4.78, 5) is 23.7. The molecule has 1 aliphatic carbocycles. The average Bonchev–Trinajstić information content (AvgIpc) is 3.40. The summed E-state index contributed by atoms with van der Waals surface area (Å²) in [5, 5.41) is 4.54. The molecular formula is C24H27FN8O. The summed E-state index contributed by atoms with van der Waals surface area (Å²) in [7, 11) is 1.76. The van der Waals surface area contributed by atoms with Crippen LogP contribution >= 0.6 is 0 Å². The Hall–Kier alpha value is -3.53. The molecule has 1 aliphatic heterocycles. The smallest absolute Gasteiger partial charge is 0.326 e. The number of rotatable bonds is 5. The standard InChI is InChI=1S/C24H27FN8O/c1-12(2)20-28-8-14(9-29-20)34-23-31-21-18(15-6-13(25)7-16(27-3)19(15)30-21)22(32-23)33-10-17(26)24(11-33)4-5-24/h6-9,12,17,27H,4-5,10-11,26H2,1-3H3,(H,30,31,32)/t17-/m0/s1. The number of aromatic nitrogens is 5. The lowest BCUT2D eigenvalue weighted by atomic mass is 10.0. The zero-order valence-corrected chi connectivity index (χ0v) is 19.4. The summed E-state index contributed by atoms with van der Waals surface area (Å²) < 4.78 is 20.5. The lowest BCUT2D eigenvalue weighted by Gasteiger charge is -2.19. The SMILES string of the molecule is CNc1cc(F)cc2c1[nH]c1nc(Oc3cnc(C(C)C)nc3)nc(N3C[C@H](N)C4(CC4)C3)c12. The molecule has 34 heavy (non-hydrogen) atoms.